The first-order valence-electron chi connectivity index (χ1n) is 13.0. The van der Waals surface area contributed by atoms with Crippen LogP contribution in [0.2, 0.25) is 0 Å². The molecule has 1 fully saturated rings. The Morgan fingerprint density at radius 3 is 0.946 bits per heavy atom. The monoisotopic (exact) mass is 515 g/mol. The molecule has 0 amide bonds. The summed E-state index contributed by atoms with van der Waals surface area (Å²) in [7, 11) is -1.09. The molecule has 0 spiro atoms. The van der Waals surface area contributed by atoms with E-state index in [0.717, 1.165) is 13.1 Å². The molecule has 0 bridgehead atoms. The molecule has 1 aliphatic heterocycles. The predicted octanol–water partition coefficient (Wildman–Crippen LogP) is 6.51. The van der Waals surface area contributed by atoms with Crippen molar-refractivity contribution in [2.24, 2.45) is 0 Å². The molecule has 0 unspecified atom stereocenters. The van der Waals surface area contributed by atoms with E-state index in [1.807, 2.05) is 0 Å². The van der Waals surface area contributed by atoms with E-state index in [9.17, 15) is 0 Å². The molecule has 1 aliphatic rings. The van der Waals surface area contributed by atoms with Crippen molar-refractivity contribution in [1.29, 1.82) is 0 Å². The first-order valence-corrected chi connectivity index (χ1v) is 15.8. The van der Waals surface area contributed by atoms with Crippen molar-refractivity contribution in [2.45, 2.75) is 11.3 Å². The van der Waals surface area contributed by atoms with Crippen LogP contribution in [0.1, 0.15) is 0 Å². The Labute approximate surface area is 223 Å². The van der Waals surface area contributed by atoms with Crippen molar-refractivity contribution >= 4 is 42.7 Å². The van der Waals surface area contributed by atoms with Gasteiger partial charge in [-0.2, -0.15) is 0 Å². The molecule has 5 aromatic rings. The first-order chi connectivity index (χ1) is 18.4. The molecule has 0 N–H and O–H groups in total. The maximum absolute atomic E-state index is 2.65. The van der Waals surface area contributed by atoms with E-state index in [2.05, 4.69) is 157 Å². The SMILES string of the molecule is c1ccc(N2C[C@@H](P(c3ccccc3)c3ccccc3)[C@H](P(c3ccccc3)c3ccccc3)C2)cc1. The van der Waals surface area contributed by atoms with Gasteiger partial charge in [0.15, 0.2) is 0 Å². The van der Waals surface area contributed by atoms with Gasteiger partial charge in [0.25, 0.3) is 0 Å². The van der Waals surface area contributed by atoms with Crippen molar-refractivity contribution in [3.63, 3.8) is 0 Å². The average molecular weight is 516 g/mol. The highest BCUT2D eigenvalue weighted by atomic mass is 31.1. The zero-order valence-electron chi connectivity index (χ0n) is 20.8. The minimum atomic E-state index is -0.547. The lowest BCUT2D eigenvalue weighted by Crippen LogP contribution is -2.34. The molecule has 0 saturated carbocycles. The largest absolute Gasteiger partial charge is 0.370 e. The summed E-state index contributed by atoms with van der Waals surface area (Å²) in [6.07, 6.45) is 0. The zero-order valence-corrected chi connectivity index (χ0v) is 22.6. The third-order valence-corrected chi connectivity index (χ3v) is 13.2. The Bertz CT molecular complexity index is 1210. The fourth-order valence-electron chi connectivity index (χ4n) is 5.54. The van der Waals surface area contributed by atoms with Gasteiger partial charge < -0.3 is 4.90 Å². The highest BCUT2D eigenvalue weighted by Crippen LogP contribution is 2.54. The lowest BCUT2D eigenvalue weighted by atomic mass is 10.3. The predicted molar refractivity (Wildman–Crippen MR) is 164 cm³/mol. The van der Waals surface area contributed by atoms with Crippen LogP contribution in [0.25, 0.3) is 0 Å². The van der Waals surface area contributed by atoms with Gasteiger partial charge in [0, 0.05) is 30.1 Å². The lowest BCUT2D eigenvalue weighted by Gasteiger charge is -2.34. The van der Waals surface area contributed by atoms with Gasteiger partial charge in [0.2, 0.25) is 0 Å². The van der Waals surface area contributed by atoms with E-state index in [4.69, 9.17) is 0 Å². The second kappa shape index (κ2) is 11.4. The minimum Gasteiger partial charge on any atom is -0.370 e. The number of anilines is 1. The summed E-state index contributed by atoms with van der Waals surface area (Å²) in [5, 5.41) is 5.91. The van der Waals surface area contributed by atoms with Crippen LogP contribution in [0.15, 0.2) is 152 Å². The topological polar surface area (TPSA) is 3.24 Å². The second-order valence-electron chi connectivity index (χ2n) is 9.46. The molecule has 1 heterocycles. The standard InChI is InChI=1S/C34H31NP2/c1-6-16-28(17-7-1)35-26-33(36(29-18-8-2-9-19-29)30-20-10-3-11-21-30)34(27-35)37(31-22-12-4-13-23-31)32-24-14-5-15-25-32/h1-25,33-34H,26-27H2/t33-,34-/m1/s1. The van der Waals surface area contributed by atoms with Crippen molar-refractivity contribution in [3.05, 3.63) is 152 Å². The normalized spacial score (nSPS) is 17.4. The third-order valence-electron chi connectivity index (χ3n) is 7.18. The Balaban J connectivity index is 1.51. The van der Waals surface area contributed by atoms with E-state index >= 15 is 0 Å². The highest BCUT2D eigenvalue weighted by Gasteiger charge is 2.43. The van der Waals surface area contributed by atoms with E-state index in [0.29, 0.717) is 11.3 Å². The summed E-state index contributed by atoms with van der Waals surface area (Å²) in [5.74, 6) is 0. The molecule has 5 aromatic carbocycles. The summed E-state index contributed by atoms with van der Waals surface area (Å²) >= 11 is 0. The fourth-order valence-corrected chi connectivity index (χ4v) is 12.0. The van der Waals surface area contributed by atoms with Crippen LogP contribution in [0.4, 0.5) is 5.69 Å². The van der Waals surface area contributed by atoms with Crippen molar-refractivity contribution in [2.75, 3.05) is 18.0 Å². The van der Waals surface area contributed by atoms with Gasteiger partial charge in [-0.15, -0.1) is 0 Å². The Kier molecular flexibility index (Phi) is 7.45. The number of rotatable bonds is 7. The quantitative estimate of drug-likeness (QED) is 0.224. The molecule has 182 valence electrons. The maximum Gasteiger partial charge on any atom is 0.0366 e. The van der Waals surface area contributed by atoms with Crippen LogP contribution in [0, 0.1) is 0 Å². The summed E-state index contributed by atoms with van der Waals surface area (Å²) in [5.41, 5.74) is 2.40. The first kappa shape index (κ1) is 24.1. The summed E-state index contributed by atoms with van der Waals surface area (Å²) in [6.45, 7) is 2.14. The molecule has 0 radical (unpaired) electrons. The smallest absolute Gasteiger partial charge is 0.0366 e. The van der Waals surface area contributed by atoms with E-state index in [-0.39, 0.29) is 0 Å². The lowest BCUT2D eigenvalue weighted by molar-refractivity contribution is 0.972. The average Bonchev–Trinajstić information content (AvgIpc) is 3.40. The van der Waals surface area contributed by atoms with Gasteiger partial charge in [0.05, 0.1) is 0 Å². The Morgan fingerprint density at radius 1 is 0.378 bits per heavy atom. The molecule has 37 heavy (non-hydrogen) atoms. The van der Waals surface area contributed by atoms with E-state index < -0.39 is 15.8 Å². The van der Waals surface area contributed by atoms with Gasteiger partial charge in [-0.1, -0.05) is 140 Å². The minimum absolute atomic E-state index is 0.534. The van der Waals surface area contributed by atoms with Crippen molar-refractivity contribution in [3.8, 4) is 0 Å². The number of nitrogens with zero attached hydrogens (tertiary/aromatic N) is 1. The molecule has 0 aliphatic carbocycles. The van der Waals surface area contributed by atoms with Crippen LogP contribution < -0.4 is 26.1 Å². The van der Waals surface area contributed by atoms with E-state index in [1.165, 1.54) is 26.9 Å². The second-order valence-corrected chi connectivity index (χ2v) is 14.3. The van der Waals surface area contributed by atoms with Crippen LogP contribution in [-0.4, -0.2) is 24.4 Å². The molecule has 6 rings (SSSR count). The molecular formula is C34H31NP2. The molecule has 3 heteroatoms. The molecule has 1 saturated heterocycles. The van der Waals surface area contributed by atoms with Crippen LogP contribution in [0.3, 0.4) is 0 Å². The van der Waals surface area contributed by atoms with Crippen LogP contribution in [-0.2, 0) is 0 Å². The number of hydrogen-bond donors (Lipinski definition) is 0. The van der Waals surface area contributed by atoms with E-state index in [1.54, 1.807) is 0 Å². The van der Waals surface area contributed by atoms with Gasteiger partial charge in [-0.3, -0.25) is 0 Å². The zero-order chi connectivity index (χ0) is 24.9. The molecule has 0 aromatic heterocycles. The summed E-state index contributed by atoms with van der Waals surface area (Å²) < 4.78 is 0. The van der Waals surface area contributed by atoms with Crippen molar-refractivity contribution < 1.29 is 0 Å². The number of hydrogen-bond acceptors (Lipinski definition) is 1. The highest BCUT2D eigenvalue weighted by molar-refractivity contribution is 7.77. The molecule has 2 atom stereocenters. The Morgan fingerprint density at radius 2 is 0.649 bits per heavy atom. The molecule has 1 nitrogen and oxygen atoms in total. The Hall–Kier alpha value is -3.24. The fraction of sp³-hybridized carbons (Fsp3) is 0.118. The van der Waals surface area contributed by atoms with Gasteiger partial charge in [-0.25, -0.2) is 0 Å². The number of para-hydroxylation sites is 1. The molecular weight excluding hydrogens is 484 g/mol. The number of benzene rings is 5. The van der Waals surface area contributed by atoms with Gasteiger partial charge >= 0.3 is 0 Å². The van der Waals surface area contributed by atoms with Gasteiger partial charge in [-0.05, 0) is 49.2 Å². The van der Waals surface area contributed by atoms with Gasteiger partial charge in [0.1, 0.15) is 0 Å². The van der Waals surface area contributed by atoms with Crippen molar-refractivity contribution in [1.82, 2.24) is 0 Å². The third kappa shape index (κ3) is 5.26. The van der Waals surface area contributed by atoms with Crippen LogP contribution >= 0.6 is 15.8 Å². The summed E-state index contributed by atoms with van der Waals surface area (Å²) in [4.78, 5) is 2.65. The summed E-state index contributed by atoms with van der Waals surface area (Å²) in [6, 6.07) is 56.1. The maximum atomic E-state index is 2.65. The van der Waals surface area contributed by atoms with Crippen LogP contribution in [0.5, 0.6) is 0 Å².